The highest BCUT2D eigenvalue weighted by molar-refractivity contribution is 9.10. The lowest BCUT2D eigenvalue weighted by atomic mass is 10.0. The molecule has 2 nitrogen and oxygen atoms in total. The molecule has 1 N–H and O–H groups in total. The molecule has 0 amide bonds. The highest BCUT2D eigenvalue weighted by Crippen LogP contribution is 2.25. The van der Waals surface area contributed by atoms with Gasteiger partial charge in [-0.1, -0.05) is 13.0 Å². The average Bonchev–Trinajstić information content (AvgIpc) is 2.82. The Bertz CT molecular complexity index is 536. The van der Waals surface area contributed by atoms with Crippen molar-refractivity contribution in [2.45, 2.75) is 25.9 Å². The summed E-state index contributed by atoms with van der Waals surface area (Å²) < 4.78 is 18.8. The van der Waals surface area contributed by atoms with Crippen LogP contribution in [0.5, 0.6) is 0 Å². The molecule has 2 aromatic rings. The summed E-state index contributed by atoms with van der Waals surface area (Å²) in [5.41, 5.74) is 1.68. The van der Waals surface area contributed by atoms with Gasteiger partial charge in [-0.05, 0) is 39.7 Å². The quantitative estimate of drug-likeness (QED) is 0.925. The normalized spacial score (nSPS) is 12.7. The van der Waals surface area contributed by atoms with Gasteiger partial charge in [0.15, 0.2) is 0 Å². The summed E-state index contributed by atoms with van der Waals surface area (Å²) in [4.78, 5) is 0. The second kappa shape index (κ2) is 5.67. The molecule has 0 aliphatic rings. The summed E-state index contributed by atoms with van der Waals surface area (Å²) in [5.74, 6) is 0.495. The van der Waals surface area contributed by atoms with Gasteiger partial charge in [-0.15, -0.1) is 0 Å². The Hall–Kier alpha value is -1.13. The summed E-state index contributed by atoms with van der Waals surface area (Å²) >= 11 is 3.14. The predicted octanol–water partition coefficient (Wildman–Crippen LogP) is 4.02. The van der Waals surface area contributed by atoms with Crippen LogP contribution in [0.3, 0.4) is 0 Å². The third-order valence-electron chi connectivity index (χ3n) is 2.87. The minimum atomic E-state index is -0.629. The van der Waals surface area contributed by atoms with Crippen LogP contribution < -0.4 is 0 Å². The van der Waals surface area contributed by atoms with Gasteiger partial charge in [-0.3, -0.25) is 0 Å². The lowest BCUT2D eigenvalue weighted by molar-refractivity contribution is 0.176. The SMILES string of the molecule is CCc1occc1C(O)Cc1ccc(F)c(Br)c1. The molecule has 0 saturated heterocycles. The summed E-state index contributed by atoms with van der Waals surface area (Å²) in [6.07, 6.45) is 2.13. The number of aryl methyl sites for hydroxylation is 1. The molecule has 0 radical (unpaired) electrons. The Morgan fingerprint density at radius 1 is 1.39 bits per heavy atom. The molecule has 2 rings (SSSR count). The molecule has 0 spiro atoms. The monoisotopic (exact) mass is 312 g/mol. The lowest BCUT2D eigenvalue weighted by Crippen LogP contribution is -2.03. The topological polar surface area (TPSA) is 33.4 Å². The standard InChI is InChI=1S/C14H14BrFO2/c1-2-14-10(5-6-18-14)13(17)8-9-3-4-12(16)11(15)7-9/h3-7,13,17H,2,8H2,1H3. The van der Waals surface area contributed by atoms with Crippen molar-refractivity contribution in [2.75, 3.05) is 0 Å². The van der Waals surface area contributed by atoms with Gasteiger partial charge in [0.1, 0.15) is 11.6 Å². The molecular weight excluding hydrogens is 299 g/mol. The first-order chi connectivity index (χ1) is 8.61. The van der Waals surface area contributed by atoms with E-state index in [1.165, 1.54) is 6.07 Å². The van der Waals surface area contributed by atoms with Crippen LogP contribution in [-0.2, 0) is 12.8 Å². The summed E-state index contributed by atoms with van der Waals surface area (Å²) in [6, 6.07) is 6.53. The van der Waals surface area contributed by atoms with Gasteiger partial charge in [0, 0.05) is 18.4 Å². The van der Waals surface area contributed by atoms with Crippen LogP contribution in [0, 0.1) is 5.82 Å². The number of hydrogen-bond acceptors (Lipinski definition) is 2. The zero-order valence-electron chi connectivity index (χ0n) is 9.99. The zero-order valence-corrected chi connectivity index (χ0v) is 11.6. The molecular formula is C14H14BrFO2. The molecule has 1 aromatic heterocycles. The maximum atomic E-state index is 13.1. The molecule has 0 aliphatic carbocycles. The van der Waals surface area contributed by atoms with Crippen LogP contribution in [0.4, 0.5) is 4.39 Å². The molecule has 0 saturated carbocycles. The van der Waals surface area contributed by atoms with Crippen molar-refractivity contribution >= 4 is 15.9 Å². The van der Waals surface area contributed by atoms with Gasteiger partial charge >= 0.3 is 0 Å². The van der Waals surface area contributed by atoms with Crippen molar-refractivity contribution in [1.29, 1.82) is 0 Å². The molecule has 96 valence electrons. The van der Waals surface area contributed by atoms with E-state index >= 15 is 0 Å². The van der Waals surface area contributed by atoms with E-state index in [0.29, 0.717) is 10.9 Å². The van der Waals surface area contributed by atoms with E-state index < -0.39 is 6.10 Å². The van der Waals surface area contributed by atoms with Gasteiger partial charge in [0.2, 0.25) is 0 Å². The number of rotatable bonds is 4. The summed E-state index contributed by atoms with van der Waals surface area (Å²) in [5, 5.41) is 10.2. The lowest BCUT2D eigenvalue weighted by Gasteiger charge is -2.11. The van der Waals surface area contributed by atoms with E-state index in [1.807, 2.05) is 6.92 Å². The van der Waals surface area contributed by atoms with Crippen molar-refractivity contribution in [1.82, 2.24) is 0 Å². The molecule has 1 heterocycles. The van der Waals surface area contributed by atoms with E-state index in [0.717, 1.165) is 23.3 Å². The summed E-state index contributed by atoms with van der Waals surface area (Å²) in [6.45, 7) is 1.98. The fourth-order valence-electron chi connectivity index (χ4n) is 1.93. The largest absolute Gasteiger partial charge is 0.469 e. The van der Waals surface area contributed by atoms with Gasteiger partial charge in [0.05, 0.1) is 16.8 Å². The van der Waals surface area contributed by atoms with E-state index in [1.54, 1.807) is 24.5 Å². The molecule has 4 heteroatoms. The number of aliphatic hydroxyl groups is 1. The van der Waals surface area contributed by atoms with Gasteiger partial charge in [-0.25, -0.2) is 4.39 Å². The van der Waals surface area contributed by atoms with Crippen molar-refractivity contribution in [3.63, 3.8) is 0 Å². The van der Waals surface area contributed by atoms with E-state index in [2.05, 4.69) is 15.9 Å². The number of benzene rings is 1. The number of furan rings is 1. The highest BCUT2D eigenvalue weighted by atomic mass is 79.9. The molecule has 0 aliphatic heterocycles. The van der Waals surface area contributed by atoms with Crippen molar-refractivity contribution < 1.29 is 13.9 Å². The Morgan fingerprint density at radius 3 is 2.83 bits per heavy atom. The highest BCUT2D eigenvalue weighted by Gasteiger charge is 2.15. The van der Waals surface area contributed by atoms with E-state index in [9.17, 15) is 9.50 Å². The molecule has 0 bridgehead atoms. The Kier molecular flexibility index (Phi) is 4.19. The predicted molar refractivity (Wildman–Crippen MR) is 70.8 cm³/mol. The van der Waals surface area contributed by atoms with Gasteiger partial charge < -0.3 is 9.52 Å². The molecule has 18 heavy (non-hydrogen) atoms. The minimum Gasteiger partial charge on any atom is -0.469 e. The second-order valence-electron chi connectivity index (χ2n) is 4.12. The van der Waals surface area contributed by atoms with Crippen LogP contribution in [-0.4, -0.2) is 5.11 Å². The maximum absolute atomic E-state index is 13.1. The van der Waals surface area contributed by atoms with Crippen LogP contribution in [0.15, 0.2) is 39.4 Å². The van der Waals surface area contributed by atoms with E-state index in [-0.39, 0.29) is 5.82 Å². The Balaban J connectivity index is 2.16. The number of halogens is 2. The third-order valence-corrected chi connectivity index (χ3v) is 3.48. The second-order valence-corrected chi connectivity index (χ2v) is 4.98. The average molecular weight is 313 g/mol. The van der Waals surface area contributed by atoms with Gasteiger partial charge in [-0.2, -0.15) is 0 Å². The maximum Gasteiger partial charge on any atom is 0.137 e. The van der Waals surface area contributed by atoms with Crippen molar-refractivity contribution in [2.24, 2.45) is 0 Å². The first-order valence-corrected chi connectivity index (χ1v) is 6.59. The summed E-state index contributed by atoms with van der Waals surface area (Å²) in [7, 11) is 0. The fraction of sp³-hybridized carbons (Fsp3) is 0.286. The van der Waals surface area contributed by atoms with Crippen LogP contribution in [0.2, 0.25) is 0 Å². The van der Waals surface area contributed by atoms with Crippen LogP contribution in [0.1, 0.15) is 29.9 Å². The first kappa shape index (κ1) is 13.3. The first-order valence-electron chi connectivity index (χ1n) is 5.80. The Labute approximate surface area is 114 Å². The smallest absolute Gasteiger partial charge is 0.137 e. The fourth-order valence-corrected chi connectivity index (χ4v) is 2.36. The number of hydrogen-bond donors (Lipinski definition) is 1. The third kappa shape index (κ3) is 2.82. The molecule has 1 unspecified atom stereocenters. The van der Waals surface area contributed by atoms with Crippen molar-refractivity contribution in [3.05, 3.63) is 57.7 Å². The van der Waals surface area contributed by atoms with E-state index in [4.69, 9.17) is 4.42 Å². The van der Waals surface area contributed by atoms with Crippen molar-refractivity contribution in [3.8, 4) is 0 Å². The number of aliphatic hydroxyl groups excluding tert-OH is 1. The van der Waals surface area contributed by atoms with Gasteiger partial charge in [0.25, 0.3) is 0 Å². The minimum absolute atomic E-state index is 0.300. The molecule has 1 aromatic carbocycles. The molecule has 0 fully saturated rings. The Morgan fingerprint density at radius 2 is 2.17 bits per heavy atom. The van der Waals surface area contributed by atoms with Crippen LogP contribution in [0.25, 0.3) is 0 Å². The zero-order chi connectivity index (χ0) is 13.1. The van der Waals surface area contributed by atoms with Crippen LogP contribution >= 0.6 is 15.9 Å². The molecule has 1 atom stereocenters.